The van der Waals surface area contributed by atoms with E-state index in [0.29, 0.717) is 38.9 Å². The van der Waals surface area contributed by atoms with Crippen LogP contribution in [-0.2, 0) is 16.0 Å². The van der Waals surface area contributed by atoms with Crippen LogP contribution in [0.1, 0.15) is 13.3 Å². The van der Waals surface area contributed by atoms with Crippen molar-refractivity contribution in [3.8, 4) is 5.75 Å². The second kappa shape index (κ2) is 6.32. The molecule has 0 aliphatic carbocycles. The first-order valence-electron chi connectivity index (χ1n) is 7.36. The second-order valence-corrected chi connectivity index (χ2v) is 5.12. The van der Waals surface area contributed by atoms with E-state index in [0.717, 1.165) is 23.2 Å². The number of hydrogen-bond acceptors (Lipinski definition) is 5. The maximum atomic E-state index is 6.07. The van der Waals surface area contributed by atoms with Crippen molar-refractivity contribution >= 4 is 17.0 Å². The number of hydrogen-bond donors (Lipinski definition) is 1. The average Bonchev–Trinajstić information content (AvgIpc) is 2.83. The standard InChI is InChI=1S/C15H21N3O3/c1-2-6-21-13-5-3-4-12-14(13)17-15(16)18(12)9-11-10-19-7-8-20-11/h3-5,11H,2,6-10H2,1H3,(H2,16,17). The summed E-state index contributed by atoms with van der Waals surface area (Å²) in [6.45, 7) is 5.26. The number of nitrogens with zero attached hydrogens (tertiary/aromatic N) is 2. The molecule has 1 aliphatic heterocycles. The maximum absolute atomic E-state index is 6.07. The molecule has 1 saturated heterocycles. The summed E-state index contributed by atoms with van der Waals surface area (Å²) in [6.07, 6.45) is 0.971. The Morgan fingerprint density at radius 3 is 3.10 bits per heavy atom. The van der Waals surface area contributed by atoms with Gasteiger partial charge in [-0.2, -0.15) is 0 Å². The summed E-state index contributed by atoms with van der Waals surface area (Å²) in [5.74, 6) is 1.26. The number of aromatic nitrogens is 2. The van der Waals surface area contributed by atoms with E-state index in [-0.39, 0.29) is 6.10 Å². The van der Waals surface area contributed by atoms with E-state index in [2.05, 4.69) is 11.9 Å². The number of fused-ring (bicyclic) bond motifs is 1. The number of nitrogen functional groups attached to an aromatic ring is 1. The minimum Gasteiger partial charge on any atom is -0.491 e. The Morgan fingerprint density at radius 1 is 1.43 bits per heavy atom. The van der Waals surface area contributed by atoms with Crippen LogP contribution in [0, 0.1) is 0 Å². The van der Waals surface area contributed by atoms with E-state index in [1.54, 1.807) is 0 Å². The number of benzene rings is 1. The van der Waals surface area contributed by atoms with Gasteiger partial charge in [0.25, 0.3) is 0 Å². The molecule has 0 bridgehead atoms. The maximum Gasteiger partial charge on any atom is 0.201 e. The molecule has 1 fully saturated rings. The van der Waals surface area contributed by atoms with Gasteiger partial charge in [-0.3, -0.25) is 0 Å². The summed E-state index contributed by atoms with van der Waals surface area (Å²) in [7, 11) is 0. The first kappa shape index (κ1) is 14.2. The predicted octanol–water partition coefficient (Wildman–Crippen LogP) is 1.82. The molecule has 1 aromatic heterocycles. The highest BCUT2D eigenvalue weighted by Crippen LogP contribution is 2.27. The van der Waals surface area contributed by atoms with Crippen molar-refractivity contribution in [2.75, 3.05) is 32.2 Å². The van der Waals surface area contributed by atoms with Gasteiger partial charge >= 0.3 is 0 Å². The van der Waals surface area contributed by atoms with Crippen molar-refractivity contribution in [2.45, 2.75) is 26.0 Å². The van der Waals surface area contributed by atoms with Crippen molar-refractivity contribution in [1.82, 2.24) is 9.55 Å². The number of para-hydroxylation sites is 1. The second-order valence-electron chi connectivity index (χ2n) is 5.12. The third kappa shape index (κ3) is 2.96. The minimum absolute atomic E-state index is 0.0127. The first-order valence-corrected chi connectivity index (χ1v) is 7.36. The summed E-state index contributed by atoms with van der Waals surface area (Å²) in [4.78, 5) is 4.45. The van der Waals surface area contributed by atoms with E-state index in [1.807, 2.05) is 22.8 Å². The van der Waals surface area contributed by atoms with Crippen LogP contribution in [0.3, 0.4) is 0 Å². The number of anilines is 1. The van der Waals surface area contributed by atoms with Gasteiger partial charge in [0.1, 0.15) is 11.3 Å². The molecule has 1 unspecified atom stereocenters. The van der Waals surface area contributed by atoms with Crippen LogP contribution in [-0.4, -0.2) is 42.1 Å². The quantitative estimate of drug-likeness (QED) is 0.910. The van der Waals surface area contributed by atoms with Gasteiger partial charge < -0.3 is 24.5 Å². The van der Waals surface area contributed by atoms with Crippen molar-refractivity contribution in [1.29, 1.82) is 0 Å². The monoisotopic (exact) mass is 291 g/mol. The Balaban J connectivity index is 1.89. The van der Waals surface area contributed by atoms with Gasteiger partial charge in [-0.1, -0.05) is 13.0 Å². The third-order valence-electron chi connectivity index (χ3n) is 3.50. The molecule has 2 aromatic rings. The van der Waals surface area contributed by atoms with Crippen molar-refractivity contribution in [3.05, 3.63) is 18.2 Å². The molecule has 0 saturated carbocycles. The zero-order chi connectivity index (χ0) is 14.7. The molecule has 2 N–H and O–H groups in total. The van der Waals surface area contributed by atoms with E-state index in [4.69, 9.17) is 19.9 Å². The Labute approximate surface area is 123 Å². The molecule has 2 heterocycles. The highest BCUT2D eigenvalue weighted by atomic mass is 16.6. The highest BCUT2D eigenvalue weighted by molar-refractivity contribution is 5.84. The fourth-order valence-corrected chi connectivity index (χ4v) is 2.51. The molecule has 21 heavy (non-hydrogen) atoms. The molecular weight excluding hydrogens is 270 g/mol. The van der Waals surface area contributed by atoms with Crippen LogP contribution in [0.5, 0.6) is 5.75 Å². The van der Waals surface area contributed by atoms with Gasteiger partial charge in [0, 0.05) is 0 Å². The summed E-state index contributed by atoms with van der Waals surface area (Å²) in [5, 5.41) is 0. The summed E-state index contributed by atoms with van der Waals surface area (Å²) in [5.41, 5.74) is 7.84. The Kier molecular flexibility index (Phi) is 4.26. The average molecular weight is 291 g/mol. The van der Waals surface area contributed by atoms with Gasteiger partial charge in [0.2, 0.25) is 5.95 Å². The Bertz CT molecular complexity index is 605. The van der Waals surface area contributed by atoms with Gasteiger partial charge in [-0.15, -0.1) is 0 Å². The van der Waals surface area contributed by atoms with Crippen molar-refractivity contribution < 1.29 is 14.2 Å². The summed E-state index contributed by atoms with van der Waals surface area (Å²) in [6, 6.07) is 5.89. The molecule has 3 rings (SSSR count). The number of imidazole rings is 1. The molecule has 0 spiro atoms. The molecule has 6 nitrogen and oxygen atoms in total. The lowest BCUT2D eigenvalue weighted by atomic mass is 10.2. The molecule has 1 aliphatic rings. The number of rotatable bonds is 5. The smallest absolute Gasteiger partial charge is 0.201 e. The van der Waals surface area contributed by atoms with Gasteiger partial charge in [-0.25, -0.2) is 4.98 Å². The lowest BCUT2D eigenvalue weighted by Gasteiger charge is -2.23. The normalized spacial score (nSPS) is 19.0. The number of ether oxygens (including phenoxy) is 3. The molecule has 0 amide bonds. The first-order chi connectivity index (χ1) is 10.3. The number of nitrogens with two attached hydrogens (primary N) is 1. The predicted molar refractivity (Wildman–Crippen MR) is 80.5 cm³/mol. The van der Waals surface area contributed by atoms with E-state index >= 15 is 0 Å². The topological polar surface area (TPSA) is 71.5 Å². The fourth-order valence-electron chi connectivity index (χ4n) is 2.51. The van der Waals surface area contributed by atoms with E-state index < -0.39 is 0 Å². The largest absolute Gasteiger partial charge is 0.491 e. The van der Waals surface area contributed by atoms with Crippen LogP contribution in [0.2, 0.25) is 0 Å². The highest BCUT2D eigenvalue weighted by Gasteiger charge is 2.19. The molecule has 1 aromatic carbocycles. The SMILES string of the molecule is CCCOc1cccc2c1nc(N)n2CC1COCCO1. The van der Waals surface area contributed by atoms with Crippen molar-refractivity contribution in [2.24, 2.45) is 0 Å². The van der Waals surface area contributed by atoms with Crippen LogP contribution in [0.4, 0.5) is 5.95 Å². The van der Waals surface area contributed by atoms with Crippen LogP contribution < -0.4 is 10.5 Å². The summed E-state index contributed by atoms with van der Waals surface area (Å²) < 4.78 is 18.8. The molecule has 1 atom stereocenters. The van der Waals surface area contributed by atoms with Gasteiger partial charge in [0.05, 0.1) is 44.6 Å². The van der Waals surface area contributed by atoms with Crippen LogP contribution >= 0.6 is 0 Å². The zero-order valence-corrected chi connectivity index (χ0v) is 12.2. The Hall–Kier alpha value is -1.79. The van der Waals surface area contributed by atoms with Crippen LogP contribution in [0.15, 0.2) is 18.2 Å². The van der Waals surface area contributed by atoms with E-state index in [9.17, 15) is 0 Å². The molecule has 114 valence electrons. The van der Waals surface area contributed by atoms with Gasteiger partial charge in [0.15, 0.2) is 0 Å². The lowest BCUT2D eigenvalue weighted by Crippen LogP contribution is -2.32. The minimum atomic E-state index is 0.0127. The van der Waals surface area contributed by atoms with Crippen LogP contribution in [0.25, 0.3) is 11.0 Å². The van der Waals surface area contributed by atoms with Crippen molar-refractivity contribution in [3.63, 3.8) is 0 Å². The molecular formula is C15H21N3O3. The fraction of sp³-hybridized carbons (Fsp3) is 0.533. The van der Waals surface area contributed by atoms with Gasteiger partial charge in [-0.05, 0) is 18.6 Å². The third-order valence-corrected chi connectivity index (χ3v) is 3.50. The molecule has 6 heteroatoms. The van der Waals surface area contributed by atoms with E-state index in [1.165, 1.54) is 0 Å². The molecule has 0 radical (unpaired) electrons. The zero-order valence-electron chi connectivity index (χ0n) is 12.2. The lowest BCUT2D eigenvalue weighted by molar-refractivity contribution is -0.0930. The summed E-state index contributed by atoms with van der Waals surface area (Å²) >= 11 is 0. The Morgan fingerprint density at radius 2 is 2.33 bits per heavy atom.